The maximum Gasteiger partial charge on any atom is 0.290 e. The number of carbonyl (C=O) groups excluding carboxylic acids is 2. The van der Waals surface area contributed by atoms with E-state index in [0.29, 0.717) is 11.2 Å². The van der Waals surface area contributed by atoms with Gasteiger partial charge in [-0.15, -0.1) is 0 Å². The van der Waals surface area contributed by atoms with Crippen molar-refractivity contribution in [2.24, 2.45) is 0 Å². The number of amides is 2. The quantitative estimate of drug-likeness (QED) is 0.861. The van der Waals surface area contributed by atoms with Crippen LogP contribution in [-0.2, 0) is 11.3 Å². The molecule has 3 rings (SSSR count). The van der Waals surface area contributed by atoms with Crippen LogP contribution in [0.3, 0.4) is 0 Å². The van der Waals surface area contributed by atoms with Crippen molar-refractivity contribution in [1.29, 1.82) is 0 Å². The molecule has 2 aromatic rings. The molecule has 0 aliphatic carbocycles. The summed E-state index contributed by atoms with van der Waals surface area (Å²) in [5, 5.41) is 2.84. The predicted molar refractivity (Wildman–Crippen MR) is 80.8 cm³/mol. The van der Waals surface area contributed by atoms with Gasteiger partial charge in [0.05, 0.1) is 0 Å². The fourth-order valence-electron chi connectivity index (χ4n) is 2.30. The first kappa shape index (κ1) is 13.9. The van der Waals surface area contributed by atoms with E-state index in [4.69, 9.17) is 4.42 Å². The van der Waals surface area contributed by atoms with Crippen LogP contribution in [0.4, 0.5) is 5.69 Å². The molecule has 108 valence electrons. The number of rotatable bonds is 1. The largest absolute Gasteiger partial charge is 0.444 e. The van der Waals surface area contributed by atoms with Crippen LogP contribution >= 0.6 is 15.9 Å². The first-order valence-corrected chi connectivity index (χ1v) is 7.30. The third kappa shape index (κ3) is 2.58. The first-order valence-electron chi connectivity index (χ1n) is 6.51. The van der Waals surface area contributed by atoms with E-state index in [9.17, 15) is 9.59 Å². The fourth-order valence-corrected chi connectivity index (χ4v) is 2.60. The Kier molecular flexibility index (Phi) is 3.55. The highest BCUT2D eigenvalue weighted by molar-refractivity contribution is 9.10. The van der Waals surface area contributed by atoms with Crippen molar-refractivity contribution in [3.63, 3.8) is 0 Å². The normalized spacial score (nSPS) is 17.9. The summed E-state index contributed by atoms with van der Waals surface area (Å²) in [7, 11) is 0. The van der Waals surface area contributed by atoms with Crippen LogP contribution < -0.4 is 5.32 Å². The maximum atomic E-state index is 12.6. The fraction of sp³-hybridized carbons (Fsp3) is 0.200. The number of fused-ring (bicyclic) bond motifs is 1. The monoisotopic (exact) mass is 348 g/mol. The Labute approximate surface area is 130 Å². The van der Waals surface area contributed by atoms with E-state index in [2.05, 4.69) is 21.2 Å². The second-order valence-electron chi connectivity index (χ2n) is 4.86. The standard InChI is InChI=1S/C15H13BrN2O3/c1-9-14(19)17-11-5-3-2-4-10(11)8-18(9)15(20)12-6-7-13(16)21-12/h2-7,9H,8H2,1H3,(H,17,19). The van der Waals surface area contributed by atoms with Crippen LogP contribution in [0.25, 0.3) is 0 Å². The second kappa shape index (κ2) is 5.37. The molecule has 0 saturated carbocycles. The Hall–Kier alpha value is -2.08. The van der Waals surface area contributed by atoms with Gasteiger partial charge in [-0.2, -0.15) is 0 Å². The zero-order chi connectivity index (χ0) is 15.0. The van der Waals surface area contributed by atoms with Crippen LogP contribution in [0.15, 0.2) is 45.5 Å². The molecule has 5 nitrogen and oxygen atoms in total. The van der Waals surface area contributed by atoms with Crippen molar-refractivity contribution in [2.45, 2.75) is 19.5 Å². The van der Waals surface area contributed by atoms with Crippen LogP contribution in [0.1, 0.15) is 23.0 Å². The summed E-state index contributed by atoms with van der Waals surface area (Å²) in [4.78, 5) is 26.3. The number of anilines is 1. The zero-order valence-corrected chi connectivity index (χ0v) is 12.9. The van der Waals surface area contributed by atoms with Gasteiger partial charge in [-0.25, -0.2) is 0 Å². The Bertz CT molecular complexity index is 710. The second-order valence-corrected chi connectivity index (χ2v) is 5.64. The van der Waals surface area contributed by atoms with Crippen molar-refractivity contribution in [1.82, 2.24) is 4.90 Å². The number of furan rings is 1. The molecule has 0 saturated heterocycles. The molecule has 2 heterocycles. The molecule has 0 fully saturated rings. The van der Waals surface area contributed by atoms with Gasteiger partial charge in [-0.3, -0.25) is 9.59 Å². The van der Waals surface area contributed by atoms with Crippen LogP contribution in [0, 0.1) is 0 Å². The van der Waals surface area contributed by atoms with Gasteiger partial charge in [0.25, 0.3) is 5.91 Å². The summed E-state index contributed by atoms with van der Waals surface area (Å²) in [5.74, 6) is -0.306. The molecule has 0 radical (unpaired) electrons. The number of para-hydroxylation sites is 1. The van der Waals surface area contributed by atoms with Crippen molar-refractivity contribution >= 4 is 33.4 Å². The minimum Gasteiger partial charge on any atom is -0.444 e. The van der Waals surface area contributed by atoms with E-state index >= 15 is 0 Å². The number of carbonyl (C=O) groups is 2. The van der Waals surface area contributed by atoms with E-state index in [1.54, 1.807) is 19.1 Å². The molecule has 21 heavy (non-hydrogen) atoms. The lowest BCUT2D eigenvalue weighted by Gasteiger charge is -2.24. The number of halogens is 1. The molecule has 0 spiro atoms. The van der Waals surface area contributed by atoms with E-state index in [0.717, 1.165) is 11.3 Å². The Morgan fingerprint density at radius 2 is 2.10 bits per heavy atom. The highest BCUT2D eigenvalue weighted by atomic mass is 79.9. The zero-order valence-electron chi connectivity index (χ0n) is 11.3. The number of nitrogens with zero attached hydrogens (tertiary/aromatic N) is 1. The Morgan fingerprint density at radius 3 is 2.81 bits per heavy atom. The Balaban J connectivity index is 1.97. The molecule has 0 bridgehead atoms. The minimum absolute atomic E-state index is 0.209. The van der Waals surface area contributed by atoms with Crippen LogP contribution in [0.2, 0.25) is 0 Å². The molecule has 2 amide bonds. The Morgan fingerprint density at radius 1 is 1.33 bits per heavy atom. The number of nitrogens with one attached hydrogen (secondary N) is 1. The van der Waals surface area contributed by atoms with E-state index in [-0.39, 0.29) is 17.6 Å². The maximum absolute atomic E-state index is 12.6. The molecule has 1 aliphatic rings. The van der Waals surface area contributed by atoms with E-state index < -0.39 is 6.04 Å². The van der Waals surface area contributed by atoms with E-state index in [1.807, 2.05) is 24.3 Å². The SMILES string of the molecule is CC1C(=O)Nc2ccccc2CN1C(=O)c1ccc(Br)o1. The number of benzene rings is 1. The molecule has 1 aromatic carbocycles. The highest BCUT2D eigenvalue weighted by Crippen LogP contribution is 2.25. The highest BCUT2D eigenvalue weighted by Gasteiger charge is 2.31. The third-order valence-corrected chi connectivity index (χ3v) is 3.93. The van der Waals surface area contributed by atoms with Crippen molar-refractivity contribution in [3.05, 3.63) is 52.4 Å². The van der Waals surface area contributed by atoms with Gasteiger partial charge >= 0.3 is 0 Å². The topological polar surface area (TPSA) is 62.6 Å². The average molecular weight is 349 g/mol. The van der Waals surface area contributed by atoms with Gasteiger partial charge in [0.15, 0.2) is 10.4 Å². The average Bonchev–Trinajstić information content (AvgIpc) is 2.86. The van der Waals surface area contributed by atoms with Gasteiger partial charge < -0.3 is 14.6 Å². The molecule has 1 unspecified atom stereocenters. The van der Waals surface area contributed by atoms with Crippen molar-refractivity contribution in [2.75, 3.05) is 5.32 Å². The molecule has 1 N–H and O–H groups in total. The predicted octanol–water partition coefficient (Wildman–Crippen LogP) is 3.03. The van der Waals surface area contributed by atoms with Gasteiger partial charge in [0, 0.05) is 12.2 Å². The summed E-state index contributed by atoms with van der Waals surface area (Å²) in [6.45, 7) is 2.06. The summed E-state index contributed by atoms with van der Waals surface area (Å²) in [6.07, 6.45) is 0. The van der Waals surface area contributed by atoms with Gasteiger partial charge in [0.2, 0.25) is 5.91 Å². The molecular weight excluding hydrogens is 336 g/mol. The van der Waals surface area contributed by atoms with E-state index in [1.165, 1.54) is 4.90 Å². The number of hydrogen-bond acceptors (Lipinski definition) is 3. The molecule has 1 aromatic heterocycles. The number of hydrogen-bond donors (Lipinski definition) is 1. The van der Waals surface area contributed by atoms with Crippen LogP contribution in [-0.4, -0.2) is 22.8 Å². The van der Waals surface area contributed by atoms with Gasteiger partial charge in [-0.05, 0) is 46.6 Å². The van der Waals surface area contributed by atoms with Gasteiger partial charge in [-0.1, -0.05) is 18.2 Å². The minimum atomic E-state index is -0.575. The summed E-state index contributed by atoms with van der Waals surface area (Å²) >= 11 is 3.18. The first-order chi connectivity index (χ1) is 10.1. The lowest BCUT2D eigenvalue weighted by molar-refractivity contribution is -0.120. The smallest absolute Gasteiger partial charge is 0.290 e. The molecule has 6 heteroatoms. The lowest BCUT2D eigenvalue weighted by Crippen LogP contribution is -2.43. The van der Waals surface area contributed by atoms with Crippen molar-refractivity contribution < 1.29 is 14.0 Å². The summed E-state index contributed by atoms with van der Waals surface area (Å²) in [5.41, 5.74) is 1.64. The third-order valence-electron chi connectivity index (χ3n) is 3.51. The lowest BCUT2D eigenvalue weighted by atomic mass is 10.1. The van der Waals surface area contributed by atoms with Crippen molar-refractivity contribution in [3.8, 4) is 0 Å². The molecule has 1 aliphatic heterocycles. The van der Waals surface area contributed by atoms with Gasteiger partial charge in [0.1, 0.15) is 6.04 Å². The molecular formula is C15H13BrN2O3. The molecule has 1 atom stereocenters. The summed E-state index contributed by atoms with van der Waals surface area (Å²) in [6, 6.07) is 10.1. The summed E-state index contributed by atoms with van der Waals surface area (Å²) < 4.78 is 5.79. The van der Waals surface area contributed by atoms with Crippen LogP contribution in [0.5, 0.6) is 0 Å².